The van der Waals surface area contributed by atoms with Crippen LogP contribution >= 0.6 is 0 Å². The van der Waals surface area contributed by atoms with Crippen LogP contribution in [-0.2, 0) is 9.47 Å². The highest BCUT2D eigenvalue weighted by Crippen LogP contribution is 2.32. The van der Waals surface area contributed by atoms with E-state index >= 15 is 0 Å². The monoisotopic (exact) mass is 376 g/mol. The van der Waals surface area contributed by atoms with Gasteiger partial charge < -0.3 is 23.9 Å². The van der Waals surface area contributed by atoms with E-state index < -0.39 is 0 Å². The number of aromatic amines is 1. The summed E-state index contributed by atoms with van der Waals surface area (Å²) in [5.41, 5.74) is 1.20. The van der Waals surface area contributed by atoms with Gasteiger partial charge in [0.05, 0.1) is 31.4 Å². The maximum atomic E-state index is 12.4. The summed E-state index contributed by atoms with van der Waals surface area (Å²) in [5.74, 6) is 1.03. The van der Waals surface area contributed by atoms with Crippen LogP contribution in [0.15, 0.2) is 18.2 Å². The van der Waals surface area contributed by atoms with Gasteiger partial charge in [-0.25, -0.2) is 4.79 Å². The second-order valence-corrected chi connectivity index (χ2v) is 6.76. The summed E-state index contributed by atoms with van der Waals surface area (Å²) >= 11 is 0. The van der Waals surface area contributed by atoms with Crippen molar-refractivity contribution in [2.75, 3.05) is 46.1 Å². The first kappa shape index (κ1) is 19.5. The Morgan fingerprint density at radius 2 is 2.04 bits per heavy atom. The fourth-order valence-electron chi connectivity index (χ4n) is 3.06. The van der Waals surface area contributed by atoms with Crippen molar-refractivity contribution >= 4 is 16.9 Å². The predicted molar refractivity (Wildman–Crippen MR) is 103 cm³/mol. The third-order valence-electron chi connectivity index (χ3n) is 4.31. The van der Waals surface area contributed by atoms with Gasteiger partial charge >= 0.3 is 5.97 Å². The molecule has 0 saturated carbocycles. The van der Waals surface area contributed by atoms with Crippen molar-refractivity contribution in [2.24, 2.45) is 0 Å². The molecule has 2 heterocycles. The number of nitrogens with one attached hydrogen (secondary N) is 1. The molecule has 3 rings (SSSR count). The molecule has 7 nitrogen and oxygen atoms in total. The molecule has 0 amide bonds. The molecule has 27 heavy (non-hydrogen) atoms. The van der Waals surface area contributed by atoms with Crippen molar-refractivity contribution in [1.29, 1.82) is 0 Å². The van der Waals surface area contributed by atoms with Crippen LogP contribution in [0.5, 0.6) is 11.5 Å². The van der Waals surface area contributed by atoms with Gasteiger partial charge in [-0.2, -0.15) is 0 Å². The number of fused-ring (bicyclic) bond motifs is 1. The Kier molecular flexibility index (Phi) is 6.58. The number of hydrogen-bond donors (Lipinski definition) is 1. The highest BCUT2D eigenvalue weighted by atomic mass is 16.5. The molecule has 0 aliphatic carbocycles. The molecule has 1 aliphatic heterocycles. The average molecular weight is 376 g/mol. The van der Waals surface area contributed by atoms with Crippen molar-refractivity contribution < 1.29 is 23.7 Å². The van der Waals surface area contributed by atoms with Gasteiger partial charge in [0, 0.05) is 37.2 Å². The lowest BCUT2D eigenvalue weighted by Gasteiger charge is -2.26. The number of ether oxygens (including phenoxy) is 4. The van der Waals surface area contributed by atoms with Crippen LogP contribution in [0.1, 0.15) is 31.3 Å². The minimum absolute atomic E-state index is 0.0175. The Labute approximate surface area is 159 Å². The van der Waals surface area contributed by atoms with Gasteiger partial charge in [0.1, 0.15) is 23.8 Å². The molecular formula is C20H28N2O5. The standard InChI is InChI=1S/C20H28N2O5/c1-4-25-15-11-17-16(19(12-15)27-14(2)3)13-18(21-17)20(23)26-10-7-22-5-8-24-9-6-22/h11-14,21H,4-10H2,1-3H3. The Balaban J connectivity index is 1.70. The number of carbonyl (C=O) groups excluding carboxylic acids is 1. The van der Waals surface area contributed by atoms with E-state index in [0.29, 0.717) is 37.0 Å². The summed E-state index contributed by atoms with van der Waals surface area (Å²) in [7, 11) is 0. The molecule has 7 heteroatoms. The molecular weight excluding hydrogens is 348 g/mol. The molecule has 1 aliphatic rings. The summed E-state index contributed by atoms with van der Waals surface area (Å²) in [5, 5.41) is 0.840. The number of H-pyrrole nitrogens is 1. The van der Waals surface area contributed by atoms with Gasteiger partial charge in [-0.15, -0.1) is 0 Å². The van der Waals surface area contributed by atoms with E-state index in [2.05, 4.69) is 9.88 Å². The molecule has 1 saturated heterocycles. The Hall–Kier alpha value is -2.25. The smallest absolute Gasteiger partial charge is 0.354 e. The van der Waals surface area contributed by atoms with E-state index in [4.69, 9.17) is 18.9 Å². The molecule has 0 unspecified atom stereocenters. The number of hydrogen-bond acceptors (Lipinski definition) is 6. The summed E-state index contributed by atoms with van der Waals surface area (Å²) in [4.78, 5) is 17.8. The van der Waals surface area contributed by atoms with Gasteiger partial charge in [-0.3, -0.25) is 4.90 Å². The number of esters is 1. The second kappa shape index (κ2) is 9.10. The summed E-state index contributed by atoms with van der Waals surface area (Å²) < 4.78 is 22.3. The SMILES string of the molecule is CCOc1cc(OC(C)C)c2cc(C(=O)OCCN3CCOCC3)[nH]c2c1. The molecule has 0 bridgehead atoms. The molecule has 0 spiro atoms. The lowest BCUT2D eigenvalue weighted by atomic mass is 10.2. The van der Waals surface area contributed by atoms with Crippen LogP contribution in [-0.4, -0.2) is 68.0 Å². The van der Waals surface area contributed by atoms with E-state index in [1.54, 1.807) is 6.07 Å². The molecule has 0 atom stereocenters. The van der Waals surface area contributed by atoms with Crippen molar-refractivity contribution in [3.63, 3.8) is 0 Å². The zero-order valence-corrected chi connectivity index (χ0v) is 16.2. The molecule has 2 aromatic rings. The lowest BCUT2D eigenvalue weighted by molar-refractivity contribution is 0.0193. The van der Waals surface area contributed by atoms with E-state index in [9.17, 15) is 4.79 Å². The second-order valence-electron chi connectivity index (χ2n) is 6.76. The van der Waals surface area contributed by atoms with Crippen LogP contribution in [0.3, 0.4) is 0 Å². The summed E-state index contributed by atoms with van der Waals surface area (Å²) in [6.45, 7) is 10.7. The van der Waals surface area contributed by atoms with Crippen LogP contribution in [0.2, 0.25) is 0 Å². The number of rotatable bonds is 8. The first-order valence-electron chi connectivity index (χ1n) is 9.50. The third-order valence-corrected chi connectivity index (χ3v) is 4.31. The van der Waals surface area contributed by atoms with Crippen LogP contribution in [0.25, 0.3) is 10.9 Å². The van der Waals surface area contributed by atoms with Crippen molar-refractivity contribution in [3.05, 3.63) is 23.9 Å². The third kappa shape index (κ3) is 5.14. The first-order valence-corrected chi connectivity index (χ1v) is 9.50. The first-order chi connectivity index (χ1) is 13.1. The number of aromatic nitrogens is 1. The topological polar surface area (TPSA) is 73.0 Å². The summed E-state index contributed by atoms with van der Waals surface area (Å²) in [6, 6.07) is 5.50. The van der Waals surface area contributed by atoms with E-state index in [-0.39, 0.29) is 12.1 Å². The molecule has 1 aromatic carbocycles. The number of morpholine rings is 1. The Morgan fingerprint density at radius 1 is 1.26 bits per heavy atom. The maximum absolute atomic E-state index is 12.4. The zero-order chi connectivity index (χ0) is 19.2. The highest BCUT2D eigenvalue weighted by Gasteiger charge is 2.17. The van der Waals surface area contributed by atoms with E-state index in [1.165, 1.54) is 0 Å². The van der Waals surface area contributed by atoms with Gasteiger partial charge in [0.25, 0.3) is 0 Å². The molecule has 148 valence electrons. The predicted octanol–water partition coefficient (Wildman–Crippen LogP) is 2.84. The van der Waals surface area contributed by atoms with Gasteiger partial charge in [0.2, 0.25) is 0 Å². The fourth-order valence-corrected chi connectivity index (χ4v) is 3.06. The average Bonchev–Trinajstić information content (AvgIpc) is 3.07. The van der Waals surface area contributed by atoms with Gasteiger partial charge in [-0.05, 0) is 26.8 Å². The number of nitrogens with zero attached hydrogens (tertiary/aromatic N) is 1. The fraction of sp³-hybridized carbons (Fsp3) is 0.550. The van der Waals surface area contributed by atoms with Crippen LogP contribution in [0.4, 0.5) is 0 Å². The minimum Gasteiger partial charge on any atom is -0.494 e. The lowest BCUT2D eigenvalue weighted by Crippen LogP contribution is -2.38. The molecule has 1 fully saturated rings. The highest BCUT2D eigenvalue weighted by molar-refractivity contribution is 5.97. The molecule has 1 N–H and O–H groups in total. The van der Waals surface area contributed by atoms with Crippen LogP contribution in [0, 0.1) is 0 Å². The van der Waals surface area contributed by atoms with Gasteiger partial charge in [0.15, 0.2) is 0 Å². The molecule has 1 aromatic heterocycles. The van der Waals surface area contributed by atoms with Crippen molar-refractivity contribution in [1.82, 2.24) is 9.88 Å². The Morgan fingerprint density at radius 3 is 2.74 bits per heavy atom. The zero-order valence-electron chi connectivity index (χ0n) is 16.2. The van der Waals surface area contributed by atoms with Crippen molar-refractivity contribution in [3.8, 4) is 11.5 Å². The number of carbonyl (C=O) groups is 1. The van der Waals surface area contributed by atoms with Crippen molar-refractivity contribution in [2.45, 2.75) is 26.9 Å². The minimum atomic E-state index is -0.368. The van der Waals surface area contributed by atoms with E-state index in [1.807, 2.05) is 32.9 Å². The maximum Gasteiger partial charge on any atom is 0.354 e. The number of benzene rings is 1. The van der Waals surface area contributed by atoms with E-state index in [0.717, 1.165) is 37.2 Å². The van der Waals surface area contributed by atoms with Gasteiger partial charge in [-0.1, -0.05) is 0 Å². The molecule has 0 radical (unpaired) electrons. The summed E-state index contributed by atoms with van der Waals surface area (Å²) in [6.07, 6.45) is 0.0175. The largest absolute Gasteiger partial charge is 0.494 e. The van der Waals surface area contributed by atoms with Crippen LogP contribution < -0.4 is 9.47 Å². The normalized spacial score (nSPS) is 15.3. The Bertz CT molecular complexity index is 765. The quantitative estimate of drug-likeness (QED) is 0.714.